The number of halogens is 1. The van der Waals surface area contributed by atoms with Crippen LogP contribution in [0, 0.1) is 5.92 Å². The lowest BCUT2D eigenvalue weighted by Crippen LogP contribution is -2.35. The average molecular weight is 315 g/mol. The van der Waals surface area contributed by atoms with E-state index in [0.717, 1.165) is 13.1 Å². The van der Waals surface area contributed by atoms with Crippen LogP contribution in [0.25, 0.3) is 0 Å². The lowest BCUT2D eigenvalue weighted by Gasteiger charge is -2.31. The summed E-state index contributed by atoms with van der Waals surface area (Å²) in [5.41, 5.74) is -0.145. The summed E-state index contributed by atoms with van der Waals surface area (Å²) < 4.78 is 0.482. The van der Waals surface area contributed by atoms with Gasteiger partial charge in [0.2, 0.25) is 0 Å². The molecule has 2 N–H and O–H groups in total. The van der Waals surface area contributed by atoms with Crippen LogP contribution in [0.15, 0.2) is 15.6 Å². The molecule has 1 aromatic heterocycles. The monoisotopic (exact) mass is 314 g/mol. The van der Waals surface area contributed by atoms with Gasteiger partial charge < -0.3 is 15.2 Å². The van der Waals surface area contributed by atoms with Crippen molar-refractivity contribution in [3.63, 3.8) is 0 Å². The van der Waals surface area contributed by atoms with Crippen LogP contribution in [0.1, 0.15) is 19.8 Å². The van der Waals surface area contributed by atoms with Crippen molar-refractivity contribution < 1.29 is 0 Å². The van der Waals surface area contributed by atoms with Crippen LogP contribution in [-0.2, 0) is 0 Å². The molecule has 1 aliphatic rings. The molecular weight excluding hydrogens is 296 g/mol. The zero-order chi connectivity index (χ0) is 13.0. The molecule has 1 aliphatic heterocycles. The van der Waals surface area contributed by atoms with Crippen molar-refractivity contribution in [3.8, 4) is 0 Å². The van der Waals surface area contributed by atoms with Crippen LogP contribution in [0.3, 0.4) is 0 Å². The molecule has 1 aromatic rings. The van der Waals surface area contributed by atoms with Gasteiger partial charge in [0.1, 0.15) is 10.3 Å². The predicted octanol–water partition coefficient (Wildman–Crippen LogP) is 1.68. The van der Waals surface area contributed by atoms with E-state index in [2.05, 4.69) is 43.0 Å². The fourth-order valence-electron chi connectivity index (χ4n) is 2.25. The molecule has 0 unspecified atom stereocenters. The van der Waals surface area contributed by atoms with E-state index in [1.165, 1.54) is 32.3 Å². The van der Waals surface area contributed by atoms with Crippen molar-refractivity contribution in [2.75, 3.05) is 31.5 Å². The van der Waals surface area contributed by atoms with Gasteiger partial charge in [-0.2, -0.15) is 0 Å². The number of aromatic nitrogens is 2. The number of H-pyrrole nitrogens is 1. The van der Waals surface area contributed by atoms with Gasteiger partial charge in [-0.3, -0.25) is 4.79 Å². The molecule has 0 aliphatic carbocycles. The first-order valence-electron chi connectivity index (χ1n) is 6.40. The van der Waals surface area contributed by atoms with Gasteiger partial charge in [-0.05, 0) is 54.3 Å². The van der Waals surface area contributed by atoms with E-state index in [0.29, 0.717) is 16.2 Å². The highest BCUT2D eigenvalue weighted by Crippen LogP contribution is 2.19. The topological polar surface area (TPSA) is 61.0 Å². The summed E-state index contributed by atoms with van der Waals surface area (Å²) in [4.78, 5) is 20.5. The van der Waals surface area contributed by atoms with E-state index in [-0.39, 0.29) is 5.56 Å². The molecule has 1 saturated heterocycles. The summed E-state index contributed by atoms with van der Waals surface area (Å²) in [5.74, 6) is 1.30. The normalized spacial score (nSPS) is 17.9. The Morgan fingerprint density at radius 1 is 1.56 bits per heavy atom. The molecule has 0 radical (unpaired) electrons. The van der Waals surface area contributed by atoms with Gasteiger partial charge in [-0.25, -0.2) is 4.98 Å². The first-order valence-corrected chi connectivity index (χ1v) is 7.19. The molecule has 6 heteroatoms. The highest BCUT2D eigenvalue weighted by molar-refractivity contribution is 9.10. The molecule has 100 valence electrons. The van der Waals surface area contributed by atoms with E-state index in [9.17, 15) is 4.79 Å². The standard InChI is InChI=1S/C12H19BrN4O/c1-2-17-5-3-9(4-6-17)7-14-11-10(13)12(18)16-8-15-11/h8-9H,2-7H2,1H3,(H2,14,15,16,18). The van der Waals surface area contributed by atoms with Crippen molar-refractivity contribution in [3.05, 3.63) is 21.2 Å². The van der Waals surface area contributed by atoms with Crippen molar-refractivity contribution in [1.29, 1.82) is 0 Å². The maximum Gasteiger partial charge on any atom is 0.267 e. The molecular formula is C12H19BrN4O. The number of likely N-dealkylation sites (tertiary alicyclic amines) is 1. The minimum absolute atomic E-state index is 0.145. The van der Waals surface area contributed by atoms with E-state index in [1.54, 1.807) is 0 Å². The second-order valence-electron chi connectivity index (χ2n) is 4.65. The largest absolute Gasteiger partial charge is 0.369 e. The molecule has 0 atom stereocenters. The highest BCUT2D eigenvalue weighted by atomic mass is 79.9. The number of hydrogen-bond acceptors (Lipinski definition) is 4. The highest BCUT2D eigenvalue weighted by Gasteiger charge is 2.18. The van der Waals surface area contributed by atoms with Gasteiger partial charge >= 0.3 is 0 Å². The van der Waals surface area contributed by atoms with Crippen LogP contribution in [0.5, 0.6) is 0 Å². The Morgan fingerprint density at radius 3 is 2.94 bits per heavy atom. The van der Waals surface area contributed by atoms with E-state index in [4.69, 9.17) is 0 Å². The third-order valence-corrected chi connectivity index (χ3v) is 4.24. The van der Waals surface area contributed by atoms with Gasteiger partial charge in [-0.15, -0.1) is 0 Å². The summed E-state index contributed by atoms with van der Waals surface area (Å²) in [7, 11) is 0. The van der Waals surface area contributed by atoms with Crippen molar-refractivity contribution in [1.82, 2.24) is 14.9 Å². The Bertz CT molecular complexity index is 440. The molecule has 18 heavy (non-hydrogen) atoms. The van der Waals surface area contributed by atoms with Crippen LogP contribution in [0.4, 0.5) is 5.82 Å². The molecule has 0 spiro atoms. The molecule has 2 rings (SSSR count). The first kappa shape index (κ1) is 13.5. The second kappa shape index (κ2) is 6.33. The molecule has 0 saturated carbocycles. The smallest absolute Gasteiger partial charge is 0.267 e. The summed E-state index contributed by atoms with van der Waals surface area (Å²) in [5, 5.41) is 3.26. The summed E-state index contributed by atoms with van der Waals surface area (Å²) >= 11 is 3.25. The predicted molar refractivity (Wildman–Crippen MR) is 75.9 cm³/mol. The molecule has 5 nitrogen and oxygen atoms in total. The minimum atomic E-state index is -0.145. The summed E-state index contributed by atoms with van der Waals surface area (Å²) in [6.07, 6.45) is 3.85. The van der Waals surface area contributed by atoms with Gasteiger partial charge in [0, 0.05) is 6.54 Å². The van der Waals surface area contributed by atoms with Crippen molar-refractivity contribution in [2.45, 2.75) is 19.8 Å². The second-order valence-corrected chi connectivity index (χ2v) is 5.45. The number of rotatable bonds is 4. The molecule has 0 aromatic carbocycles. The average Bonchev–Trinajstić information content (AvgIpc) is 2.41. The van der Waals surface area contributed by atoms with Gasteiger partial charge in [0.25, 0.3) is 5.56 Å². The Morgan fingerprint density at radius 2 is 2.28 bits per heavy atom. The molecule has 0 amide bonds. The van der Waals surface area contributed by atoms with Crippen LogP contribution in [-0.4, -0.2) is 41.0 Å². The molecule has 2 heterocycles. The lowest BCUT2D eigenvalue weighted by molar-refractivity contribution is 0.198. The number of anilines is 1. The minimum Gasteiger partial charge on any atom is -0.369 e. The molecule has 1 fully saturated rings. The third-order valence-electron chi connectivity index (χ3n) is 3.51. The fourth-order valence-corrected chi connectivity index (χ4v) is 2.61. The maximum absolute atomic E-state index is 11.4. The van der Waals surface area contributed by atoms with Crippen LogP contribution < -0.4 is 10.9 Å². The summed E-state index contributed by atoms with van der Waals surface area (Å²) in [6.45, 7) is 6.57. The Labute approximate surface area is 115 Å². The SMILES string of the molecule is CCN1CCC(CNc2nc[nH]c(=O)c2Br)CC1. The number of piperidine rings is 1. The first-order chi connectivity index (χ1) is 8.70. The van der Waals surface area contributed by atoms with Gasteiger partial charge in [0.15, 0.2) is 0 Å². The van der Waals surface area contributed by atoms with Crippen LogP contribution in [0.2, 0.25) is 0 Å². The van der Waals surface area contributed by atoms with Crippen LogP contribution >= 0.6 is 15.9 Å². The Hall–Kier alpha value is -0.880. The zero-order valence-electron chi connectivity index (χ0n) is 10.6. The Kier molecular flexibility index (Phi) is 4.77. The van der Waals surface area contributed by atoms with E-state index >= 15 is 0 Å². The number of nitrogens with zero attached hydrogens (tertiary/aromatic N) is 2. The molecule has 0 bridgehead atoms. The van der Waals surface area contributed by atoms with E-state index in [1.807, 2.05) is 0 Å². The summed E-state index contributed by atoms with van der Waals surface area (Å²) in [6, 6.07) is 0. The maximum atomic E-state index is 11.4. The third kappa shape index (κ3) is 3.32. The Balaban J connectivity index is 1.85. The lowest BCUT2D eigenvalue weighted by atomic mass is 9.97. The van der Waals surface area contributed by atoms with E-state index < -0.39 is 0 Å². The quantitative estimate of drug-likeness (QED) is 0.887. The van der Waals surface area contributed by atoms with Crippen molar-refractivity contribution in [2.24, 2.45) is 5.92 Å². The number of aromatic amines is 1. The van der Waals surface area contributed by atoms with Crippen molar-refractivity contribution >= 4 is 21.7 Å². The number of hydrogen-bond donors (Lipinski definition) is 2. The zero-order valence-corrected chi connectivity index (χ0v) is 12.2. The van der Waals surface area contributed by atoms with Gasteiger partial charge in [-0.1, -0.05) is 6.92 Å². The number of nitrogens with one attached hydrogen (secondary N) is 2. The van der Waals surface area contributed by atoms with Gasteiger partial charge in [0.05, 0.1) is 6.33 Å². The fraction of sp³-hybridized carbons (Fsp3) is 0.667.